The van der Waals surface area contributed by atoms with E-state index in [1.807, 2.05) is 42.7 Å². The number of aryl methyl sites for hydroxylation is 1. The van der Waals surface area contributed by atoms with Crippen LogP contribution in [-0.4, -0.2) is 29.7 Å². The van der Waals surface area contributed by atoms with E-state index in [4.69, 9.17) is 37.4 Å². The fourth-order valence-electron chi connectivity index (χ4n) is 3.99. The molecule has 9 heteroatoms. The molecular weight excluding hydrogens is 497 g/mol. The van der Waals surface area contributed by atoms with Gasteiger partial charge in [0, 0.05) is 38.6 Å². The normalized spacial score (nSPS) is 12.4. The standard InChI is InChI=1S/C25H19Cl2NO5S/c1-13-7-18(14(2)28(13)10-15-3-6-20-21(8-15)33-12-32-20)19(29)11-31-25(30)24-23(27)17-5-4-16(26)9-22(17)34-24/h3-9H,10-12H2,1-2H3. The van der Waals surface area contributed by atoms with Gasteiger partial charge in [0.05, 0.1) is 5.02 Å². The highest BCUT2D eigenvalue weighted by Gasteiger charge is 2.22. The Hall–Kier alpha value is -3.00. The van der Waals surface area contributed by atoms with Crippen LogP contribution in [-0.2, 0) is 11.3 Å². The number of esters is 1. The molecule has 1 aliphatic heterocycles. The van der Waals surface area contributed by atoms with Crippen molar-refractivity contribution in [3.05, 3.63) is 79.9 Å². The first-order valence-corrected chi connectivity index (χ1v) is 12.0. The monoisotopic (exact) mass is 515 g/mol. The van der Waals surface area contributed by atoms with Crippen molar-refractivity contribution >= 4 is 56.4 Å². The van der Waals surface area contributed by atoms with Gasteiger partial charge in [0.15, 0.2) is 18.1 Å². The average molecular weight is 516 g/mol. The fraction of sp³-hybridized carbons (Fsp3) is 0.200. The number of carbonyl (C=O) groups is 2. The summed E-state index contributed by atoms with van der Waals surface area (Å²) in [5.74, 6) is 0.526. The SMILES string of the molecule is Cc1cc(C(=O)COC(=O)c2sc3cc(Cl)ccc3c2Cl)c(C)n1Cc1ccc2c(c1)OCO2. The zero-order chi connectivity index (χ0) is 24.0. The van der Waals surface area contributed by atoms with Crippen molar-refractivity contribution < 1.29 is 23.8 Å². The number of halogens is 2. The molecule has 2 aromatic carbocycles. The molecule has 3 heterocycles. The van der Waals surface area contributed by atoms with Gasteiger partial charge in [-0.3, -0.25) is 4.79 Å². The Bertz CT molecular complexity index is 1460. The molecule has 34 heavy (non-hydrogen) atoms. The van der Waals surface area contributed by atoms with Crippen molar-refractivity contribution in [1.82, 2.24) is 4.57 Å². The van der Waals surface area contributed by atoms with Crippen LogP contribution in [0.5, 0.6) is 11.5 Å². The molecular formula is C25H19Cl2NO5S. The molecule has 5 rings (SSSR count). The first-order chi connectivity index (χ1) is 16.3. The number of hydrogen-bond acceptors (Lipinski definition) is 6. The molecule has 0 unspecified atom stereocenters. The molecule has 174 valence electrons. The lowest BCUT2D eigenvalue weighted by Crippen LogP contribution is -2.15. The summed E-state index contributed by atoms with van der Waals surface area (Å²) in [6.45, 7) is 4.23. The van der Waals surface area contributed by atoms with Crippen molar-refractivity contribution in [1.29, 1.82) is 0 Å². The highest BCUT2D eigenvalue weighted by molar-refractivity contribution is 7.21. The van der Waals surface area contributed by atoms with Crippen LogP contribution in [0.2, 0.25) is 10.0 Å². The number of hydrogen-bond donors (Lipinski definition) is 0. The maximum atomic E-state index is 12.9. The van der Waals surface area contributed by atoms with Gasteiger partial charge < -0.3 is 18.8 Å². The lowest BCUT2D eigenvalue weighted by atomic mass is 10.1. The predicted octanol–water partition coefficient (Wildman–Crippen LogP) is 6.44. The smallest absolute Gasteiger partial charge is 0.350 e. The summed E-state index contributed by atoms with van der Waals surface area (Å²) in [6.07, 6.45) is 0. The Morgan fingerprint density at radius 2 is 1.85 bits per heavy atom. The van der Waals surface area contributed by atoms with E-state index < -0.39 is 5.97 Å². The number of aromatic nitrogens is 1. The van der Waals surface area contributed by atoms with E-state index in [0.717, 1.165) is 32.8 Å². The zero-order valence-electron chi connectivity index (χ0n) is 18.3. The van der Waals surface area contributed by atoms with Crippen molar-refractivity contribution in [2.45, 2.75) is 20.4 Å². The Morgan fingerprint density at radius 1 is 1.06 bits per heavy atom. The third kappa shape index (κ3) is 4.15. The lowest BCUT2D eigenvalue weighted by molar-refractivity contribution is 0.0479. The van der Waals surface area contributed by atoms with E-state index in [0.29, 0.717) is 27.9 Å². The molecule has 0 N–H and O–H groups in total. The summed E-state index contributed by atoms with van der Waals surface area (Å²) < 4.78 is 19.0. The number of rotatable bonds is 6. The Morgan fingerprint density at radius 3 is 2.68 bits per heavy atom. The van der Waals surface area contributed by atoms with Crippen LogP contribution in [0.4, 0.5) is 0 Å². The van der Waals surface area contributed by atoms with Gasteiger partial charge in [0.1, 0.15) is 4.88 Å². The van der Waals surface area contributed by atoms with E-state index in [1.54, 1.807) is 18.2 Å². The van der Waals surface area contributed by atoms with Gasteiger partial charge in [-0.15, -0.1) is 11.3 Å². The number of benzene rings is 2. The second-order valence-electron chi connectivity index (χ2n) is 7.94. The fourth-order valence-corrected chi connectivity index (χ4v) is 5.67. The molecule has 0 spiro atoms. The van der Waals surface area contributed by atoms with Crippen molar-refractivity contribution in [3.63, 3.8) is 0 Å². The average Bonchev–Trinajstić information content (AvgIpc) is 3.49. The van der Waals surface area contributed by atoms with Crippen molar-refractivity contribution in [2.75, 3.05) is 13.4 Å². The summed E-state index contributed by atoms with van der Waals surface area (Å²) >= 11 is 13.6. The first kappa shape index (κ1) is 22.8. The van der Waals surface area contributed by atoms with E-state index in [-0.39, 0.29) is 24.1 Å². The highest BCUT2D eigenvalue weighted by atomic mass is 35.5. The molecule has 0 radical (unpaired) electrons. The highest BCUT2D eigenvalue weighted by Crippen LogP contribution is 2.37. The van der Waals surface area contributed by atoms with Crippen LogP contribution in [0.3, 0.4) is 0 Å². The minimum Gasteiger partial charge on any atom is -0.454 e. The lowest BCUT2D eigenvalue weighted by Gasteiger charge is -2.11. The zero-order valence-corrected chi connectivity index (χ0v) is 20.6. The predicted molar refractivity (Wildman–Crippen MR) is 132 cm³/mol. The number of ether oxygens (including phenoxy) is 3. The number of nitrogens with zero attached hydrogens (tertiary/aromatic N) is 1. The minimum absolute atomic E-state index is 0.220. The van der Waals surface area contributed by atoms with Crippen LogP contribution >= 0.6 is 34.5 Å². The topological polar surface area (TPSA) is 66.8 Å². The number of carbonyl (C=O) groups excluding carboxylic acids is 2. The van der Waals surface area contributed by atoms with E-state index >= 15 is 0 Å². The second kappa shape index (κ2) is 8.98. The van der Waals surface area contributed by atoms with Crippen LogP contribution in [0.25, 0.3) is 10.1 Å². The molecule has 2 aromatic heterocycles. The maximum absolute atomic E-state index is 12.9. The van der Waals surface area contributed by atoms with Gasteiger partial charge >= 0.3 is 5.97 Å². The molecule has 0 fully saturated rings. The van der Waals surface area contributed by atoms with Gasteiger partial charge in [-0.1, -0.05) is 35.3 Å². The summed E-state index contributed by atoms with van der Waals surface area (Å²) in [5, 5.41) is 1.58. The van der Waals surface area contributed by atoms with Gasteiger partial charge in [-0.05, 0) is 49.7 Å². The molecule has 0 bridgehead atoms. The molecule has 6 nitrogen and oxygen atoms in total. The Balaban J connectivity index is 1.30. The molecule has 0 saturated carbocycles. The molecule has 0 amide bonds. The number of ketones is 1. The Kier molecular flexibility index (Phi) is 6.02. The first-order valence-electron chi connectivity index (χ1n) is 10.4. The van der Waals surface area contributed by atoms with E-state index in [9.17, 15) is 9.59 Å². The summed E-state index contributed by atoms with van der Waals surface area (Å²) in [7, 11) is 0. The summed E-state index contributed by atoms with van der Waals surface area (Å²) in [4.78, 5) is 25.8. The summed E-state index contributed by atoms with van der Waals surface area (Å²) in [5.41, 5.74) is 3.26. The molecule has 4 aromatic rings. The number of thiophene rings is 1. The van der Waals surface area contributed by atoms with Gasteiger partial charge in [-0.25, -0.2) is 4.79 Å². The third-order valence-corrected chi connectivity index (χ3v) is 7.64. The van der Waals surface area contributed by atoms with Crippen molar-refractivity contribution in [2.24, 2.45) is 0 Å². The molecule has 1 aliphatic rings. The molecule has 0 atom stereocenters. The van der Waals surface area contributed by atoms with E-state index in [1.165, 1.54) is 11.3 Å². The Labute approximate surface area is 209 Å². The van der Waals surface area contributed by atoms with Crippen LogP contribution in [0.15, 0.2) is 42.5 Å². The van der Waals surface area contributed by atoms with Gasteiger partial charge in [-0.2, -0.15) is 0 Å². The van der Waals surface area contributed by atoms with Crippen LogP contribution in [0.1, 0.15) is 37.0 Å². The second-order valence-corrected chi connectivity index (χ2v) is 9.81. The van der Waals surface area contributed by atoms with Crippen LogP contribution in [0, 0.1) is 13.8 Å². The quantitative estimate of drug-likeness (QED) is 0.218. The molecule has 0 aliphatic carbocycles. The van der Waals surface area contributed by atoms with Crippen LogP contribution < -0.4 is 9.47 Å². The maximum Gasteiger partial charge on any atom is 0.350 e. The third-order valence-electron chi connectivity index (χ3n) is 5.76. The largest absolute Gasteiger partial charge is 0.454 e. The molecule has 0 saturated heterocycles. The van der Waals surface area contributed by atoms with E-state index in [2.05, 4.69) is 0 Å². The minimum atomic E-state index is -0.634. The van der Waals surface area contributed by atoms with Gasteiger partial charge in [0.25, 0.3) is 0 Å². The number of fused-ring (bicyclic) bond motifs is 2. The van der Waals surface area contributed by atoms with Gasteiger partial charge in [0.2, 0.25) is 12.6 Å². The summed E-state index contributed by atoms with van der Waals surface area (Å²) in [6, 6.07) is 12.8. The number of Topliss-reactive ketones (excluding diaryl/α,β-unsaturated/α-hetero) is 1. The van der Waals surface area contributed by atoms with Crippen molar-refractivity contribution in [3.8, 4) is 11.5 Å².